The number of hydrogen-bond acceptors (Lipinski definition) is 3. The summed E-state index contributed by atoms with van der Waals surface area (Å²) in [5.74, 6) is -0.898. The molecular weight excluding hydrogens is 303 g/mol. The lowest BCUT2D eigenvalue weighted by atomic mass is 10.1. The van der Waals surface area contributed by atoms with Gasteiger partial charge in [-0.25, -0.2) is 0 Å². The quantitative estimate of drug-likeness (QED) is 0.528. The van der Waals surface area contributed by atoms with Crippen molar-refractivity contribution < 1.29 is 22.7 Å². The Hall–Kier alpha value is -1.24. The molecule has 1 rings (SSSR count). The number of benzene rings is 1. The summed E-state index contributed by atoms with van der Waals surface area (Å²) in [5.41, 5.74) is 5.20. The lowest BCUT2D eigenvalue weighted by Crippen LogP contribution is -2.18. The maximum atomic E-state index is 12.0. The van der Waals surface area contributed by atoms with Crippen LogP contribution in [0.25, 0.3) is 0 Å². The Bertz CT molecular complexity index is 421. The summed E-state index contributed by atoms with van der Waals surface area (Å²) in [6.07, 6.45) is -4.68. The largest absolute Gasteiger partial charge is 0.573 e. The Kier molecular flexibility index (Phi) is 4.39. The smallest absolute Gasteiger partial charge is 0.404 e. The minimum Gasteiger partial charge on any atom is -0.404 e. The predicted octanol–water partition coefficient (Wildman–Crippen LogP) is 3.14. The second-order valence-electron chi connectivity index (χ2n) is 3.13. The van der Waals surface area contributed by atoms with Gasteiger partial charge >= 0.3 is 6.36 Å². The monoisotopic (exact) mass is 311 g/mol. The molecule has 0 unspecified atom stereocenters. The normalized spacial score (nSPS) is 11.3. The zero-order valence-electron chi connectivity index (χ0n) is 8.55. The van der Waals surface area contributed by atoms with Crippen LogP contribution in [0.4, 0.5) is 18.9 Å². The first-order valence-electron chi connectivity index (χ1n) is 4.58. The first-order chi connectivity index (χ1) is 7.85. The van der Waals surface area contributed by atoms with Crippen LogP contribution >= 0.6 is 15.9 Å². The molecule has 94 valence electrons. The van der Waals surface area contributed by atoms with Crippen molar-refractivity contribution in [1.29, 1.82) is 0 Å². The third kappa shape index (κ3) is 3.92. The van der Waals surface area contributed by atoms with Crippen molar-refractivity contribution in [2.75, 3.05) is 11.1 Å². The zero-order chi connectivity index (χ0) is 13.1. The zero-order valence-corrected chi connectivity index (χ0v) is 10.1. The maximum Gasteiger partial charge on any atom is 0.573 e. The number of carbonyl (C=O) groups is 1. The molecule has 0 aliphatic heterocycles. The Morgan fingerprint density at radius 1 is 1.41 bits per heavy atom. The van der Waals surface area contributed by atoms with E-state index in [4.69, 9.17) is 5.73 Å². The fourth-order valence-electron chi connectivity index (χ4n) is 1.22. The minimum absolute atomic E-state index is 0.0335. The van der Waals surface area contributed by atoms with Gasteiger partial charge in [-0.15, -0.1) is 13.2 Å². The van der Waals surface area contributed by atoms with E-state index in [1.165, 1.54) is 12.1 Å². The molecule has 0 saturated carbocycles. The Labute approximate surface area is 104 Å². The summed E-state index contributed by atoms with van der Waals surface area (Å²) < 4.78 is 39.8. The van der Waals surface area contributed by atoms with E-state index in [0.29, 0.717) is 5.33 Å². The number of anilines is 1. The fourth-order valence-corrected chi connectivity index (χ4v) is 1.58. The van der Waals surface area contributed by atoms with Crippen LogP contribution in [0.5, 0.6) is 5.75 Å². The summed E-state index contributed by atoms with van der Waals surface area (Å²) in [6.45, 7) is 0. The molecule has 0 saturated heterocycles. The fraction of sp³-hybridized carbons (Fsp3) is 0.300. The summed E-state index contributed by atoms with van der Waals surface area (Å²) in [4.78, 5) is 11.5. The topological polar surface area (TPSA) is 52.3 Å². The van der Waals surface area contributed by atoms with E-state index in [1.807, 2.05) is 0 Å². The Morgan fingerprint density at radius 3 is 2.59 bits per heavy atom. The number of rotatable bonds is 4. The highest BCUT2D eigenvalue weighted by Crippen LogP contribution is 2.31. The van der Waals surface area contributed by atoms with Crippen LogP contribution in [0.15, 0.2) is 18.2 Å². The summed E-state index contributed by atoms with van der Waals surface area (Å²) in [7, 11) is 0. The molecule has 0 atom stereocenters. The molecule has 0 radical (unpaired) electrons. The standard InChI is InChI=1S/C10H9BrF3NO2/c11-5-4-7(16)6-2-1-3-8(9(6)15)17-10(12,13)14/h1-3H,4-5,15H2. The van der Waals surface area contributed by atoms with Gasteiger partial charge in [-0.3, -0.25) is 4.79 Å². The SMILES string of the molecule is Nc1c(OC(F)(F)F)cccc1C(=O)CCBr. The summed E-state index contributed by atoms with van der Waals surface area (Å²) in [6, 6.07) is 3.72. The number of carbonyl (C=O) groups excluding carboxylic acids is 1. The van der Waals surface area contributed by atoms with E-state index in [2.05, 4.69) is 20.7 Å². The van der Waals surface area contributed by atoms with Crippen LogP contribution < -0.4 is 10.5 Å². The number of nitrogens with two attached hydrogens (primary N) is 1. The second-order valence-corrected chi connectivity index (χ2v) is 3.92. The average molecular weight is 312 g/mol. The van der Waals surface area contributed by atoms with Crippen LogP contribution in [0, 0.1) is 0 Å². The summed E-state index contributed by atoms with van der Waals surface area (Å²) in [5, 5.41) is 0.412. The van der Waals surface area contributed by atoms with E-state index in [9.17, 15) is 18.0 Å². The number of ether oxygens (including phenoxy) is 1. The number of alkyl halides is 4. The molecule has 0 aliphatic carbocycles. The van der Waals surface area contributed by atoms with Crippen molar-refractivity contribution in [2.45, 2.75) is 12.8 Å². The number of hydrogen-bond donors (Lipinski definition) is 1. The van der Waals surface area contributed by atoms with Crippen LogP contribution in [0.3, 0.4) is 0 Å². The number of ketones is 1. The van der Waals surface area contributed by atoms with E-state index in [0.717, 1.165) is 6.07 Å². The van der Waals surface area contributed by atoms with Crippen LogP contribution in [0.2, 0.25) is 0 Å². The molecule has 0 bridgehead atoms. The van der Waals surface area contributed by atoms with Gasteiger partial charge in [0.2, 0.25) is 0 Å². The first-order valence-corrected chi connectivity index (χ1v) is 5.70. The van der Waals surface area contributed by atoms with Gasteiger partial charge in [0.05, 0.1) is 5.69 Å². The second kappa shape index (κ2) is 5.39. The molecule has 7 heteroatoms. The molecule has 1 aromatic rings. The van der Waals surface area contributed by atoms with Gasteiger partial charge in [0.15, 0.2) is 11.5 Å². The molecule has 0 aliphatic rings. The van der Waals surface area contributed by atoms with Gasteiger partial charge in [-0.05, 0) is 12.1 Å². The molecule has 3 nitrogen and oxygen atoms in total. The number of para-hydroxylation sites is 1. The highest BCUT2D eigenvalue weighted by Gasteiger charge is 2.32. The predicted molar refractivity (Wildman–Crippen MR) is 60.3 cm³/mol. The van der Waals surface area contributed by atoms with Gasteiger partial charge < -0.3 is 10.5 Å². The molecule has 0 fully saturated rings. The lowest BCUT2D eigenvalue weighted by molar-refractivity contribution is -0.274. The average Bonchev–Trinajstić information content (AvgIpc) is 2.19. The van der Waals surface area contributed by atoms with Gasteiger partial charge in [0.1, 0.15) is 0 Å². The van der Waals surface area contributed by atoms with E-state index < -0.39 is 12.1 Å². The molecular formula is C10H9BrF3NO2. The third-order valence-electron chi connectivity index (χ3n) is 1.91. The summed E-state index contributed by atoms with van der Waals surface area (Å²) >= 11 is 3.07. The van der Waals surface area contributed by atoms with Gasteiger partial charge in [0.25, 0.3) is 0 Å². The highest BCUT2D eigenvalue weighted by atomic mass is 79.9. The van der Waals surface area contributed by atoms with Crippen LogP contribution in [-0.4, -0.2) is 17.5 Å². The third-order valence-corrected chi connectivity index (χ3v) is 2.31. The van der Waals surface area contributed by atoms with Crippen LogP contribution in [-0.2, 0) is 0 Å². The van der Waals surface area contributed by atoms with Crippen molar-refractivity contribution in [3.63, 3.8) is 0 Å². The highest BCUT2D eigenvalue weighted by molar-refractivity contribution is 9.09. The number of nitrogen functional groups attached to an aromatic ring is 1. The minimum atomic E-state index is -4.83. The van der Waals surface area contributed by atoms with Crippen molar-refractivity contribution >= 4 is 27.4 Å². The molecule has 0 amide bonds. The van der Waals surface area contributed by atoms with E-state index in [1.54, 1.807) is 0 Å². The maximum absolute atomic E-state index is 12.0. The molecule has 17 heavy (non-hydrogen) atoms. The van der Waals surface area contributed by atoms with Crippen molar-refractivity contribution in [3.05, 3.63) is 23.8 Å². The van der Waals surface area contributed by atoms with Gasteiger partial charge in [0, 0.05) is 17.3 Å². The van der Waals surface area contributed by atoms with Crippen LogP contribution in [0.1, 0.15) is 16.8 Å². The van der Waals surface area contributed by atoms with Gasteiger partial charge in [-0.2, -0.15) is 0 Å². The first kappa shape index (κ1) is 13.8. The molecule has 1 aromatic carbocycles. The molecule has 0 heterocycles. The Balaban J connectivity index is 3.03. The lowest BCUT2D eigenvalue weighted by Gasteiger charge is -2.13. The molecule has 0 spiro atoms. The van der Waals surface area contributed by atoms with Crippen molar-refractivity contribution in [2.24, 2.45) is 0 Å². The molecule has 2 N–H and O–H groups in total. The van der Waals surface area contributed by atoms with Crippen molar-refractivity contribution in [1.82, 2.24) is 0 Å². The van der Waals surface area contributed by atoms with Gasteiger partial charge in [-0.1, -0.05) is 22.0 Å². The van der Waals surface area contributed by atoms with E-state index in [-0.39, 0.29) is 23.5 Å². The Morgan fingerprint density at radius 2 is 2.06 bits per heavy atom. The van der Waals surface area contributed by atoms with E-state index >= 15 is 0 Å². The molecule has 0 aromatic heterocycles. The number of halogens is 4. The van der Waals surface area contributed by atoms with Crippen molar-refractivity contribution in [3.8, 4) is 5.75 Å². The number of Topliss-reactive ketones (excluding diaryl/α,β-unsaturated/α-hetero) is 1.